The van der Waals surface area contributed by atoms with E-state index >= 15 is 0 Å². The van der Waals surface area contributed by atoms with E-state index in [1.165, 1.54) is 0 Å². The minimum atomic E-state index is 0.237. The Kier molecular flexibility index (Phi) is 3.91. The molecule has 0 aliphatic rings. The van der Waals surface area contributed by atoms with E-state index < -0.39 is 0 Å². The van der Waals surface area contributed by atoms with Crippen molar-refractivity contribution in [3.05, 3.63) is 65.3 Å². The van der Waals surface area contributed by atoms with Gasteiger partial charge in [-0.25, -0.2) is 0 Å². The second-order valence-electron chi connectivity index (χ2n) is 5.16. The minimum absolute atomic E-state index is 0.237. The molecule has 0 fully saturated rings. The van der Waals surface area contributed by atoms with E-state index in [9.17, 15) is 0 Å². The van der Waals surface area contributed by atoms with Gasteiger partial charge in [0.05, 0.1) is 5.52 Å². The lowest BCUT2D eigenvalue weighted by molar-refractivity contribution is 0.652. The van der Waals surface area contributed by atoms with Gasteiger partial charge in [0.25, 0.3) is 0 Å². The van der Waals surface area contributed by atoms with Crippen molar-refractivity contribution in [2.24, 2.45) is 0 Å². The predicted molar refractivity (Wildman–Crippen MR) is 89.7 cm³/mol. The first-order chi connectivity index (χ1) is 10.2. The van der Waals surface area contributed by atoms with Gasteiger partial charge in [0, 0.05) is 28.2 Å². The number of hydrogen-bond donors (Lipinski definition) is 1. The number of nitrogens with one attached hydrogen (secondary N) is 1. The summed E-state index contributed by atoms with van der Waals surface area (Å²) in [5.41, 5.74) is 4.29. The van der Waals surface area contributed by atoms with Crippen molar-refractivity contribution < 1.29 is 0 Å². The topological polar surface area (TPSA) is 24.9 Å². The maximum Gasteiger partial charge on any atom is 0.0702 e. The zero-order chi connectivity index (χ0) is 14.8. The Balaban J connectivity index is 2.04. The van der Waals surface area contributed by atoms with Gasteiger partial charge in [-0.15, -0.1) is 0 Å². The monoisotopic (exact) mass is 296 g/mol. The van der Waals surface area contributed by atoms with Crippen molar-refractivity contribution in [1.82, 2.24) is 10.3 Å². The highest BCUT2D eigenvalue weighted by Crippen LogP contribution is 2.29. The number of halogens is 1. The molecule has 2 nitrogen and oxygen atoms in total. The van der Waals surface area contributed by atoms with Crippen molar-refractivity contribution >= 4 is 22.5 Å². The zero-order valence-electron chi connectivity index (χ0n) is 12.1. The molecule has 0 spiro atoms. The third kappa shape index (κ3) is 2.78. The van der Waals surface area contributed by atoms with Gasteiger partial charge in [-0.05, 0) is 43.3 Å². The van der Waals surface area contributed by atoms with E-state index in [1.807, 2.05) is 37.5 Å². The molecule has 0 amide bonds. The molecule has 1 heterocycles. The van der Waals surface area contributed by atoms with Crippen LogP contribution < -0.4 is 5.32 Å². The summed E-state index contributed by atoms with van der Waals surface area (Å²) in [5, 5.41) is 5.13. The molecule has 0 aliphatic carbocycles. The summed E-state index contributed by atoms with van der Waals surface area (Å²) in [6, 6.07) is 16.7. The number of hydrogen-bond acceptors (Lipinski definition) is 2. The number of nitrogens with zero attached hydrogens (tertiary/aromatic N) is 1. The molecule has 1 unspecified atom stereocenters. The van der Waals surface area contributed by atoms with Crippen molar-refractivity contribution in [1.29, 1.82) is 0 Å². The van der Waals surface area contributed by atoms with E-state index in [0.29, 0.717) is 0 Å². The molecule has 1 atom stereocenters. The average Bonchev–Trinajstić information content (AvgIpc) is 2.53. The summed E-state index contributed by atoms with van der Waals surface area (Å²) in [4.78, 5) is 4.51. The molecule has 0 saturated heterocycles. The van der Waals surface area contributed by atoms with Gasteiger partial charge in [0.2, 0.25) is 0 Å². The van der Waals surface area contributed by atoms with Crippen LogP contribution >= 0.6 is 11.6 Å². The highest BCUT2D eigenvalue weighted by molar-refractivity contribution is 6.31. The summed E-state index contributed by atoms with van der Waals surface area (Å²) >= 11 is 6.41. The minimum Gasteiger partial charge on any atom is -0.313 e. The number of aromatic nitrogens is 1. The quantitative estimate of drug-likeness (QED) is 0.748. The molecule has 0 aliphatic heterocycles. The Bertz CT molecular complexity index is 783. The van der Waals surface area contributed by atoms with E-state index in [1.54, 1.807) is 0 Å². The van der Waals surface area contributed by atoms with E-state index in [2.05, 4.69) is 41.5 Å². The third-order valence-corrected chi connectivity index (χ3v) is 4.15. The Morgan fingerprint density at radius 1 is 1.05 bits per heavy atom. The van der Waals surface area contributed by atoms with E-state index in [4.69, 9.17) is 11.6 Å². The molecule has 3 heteroatoms. The molecule has 0 radical (unpaired) electrons. The predicted octanol–water partition coefficient (Wildman–Crippen LogP) is 4.84. The molecule has 3 aromatic rings. The van der Waals surface area contributed by atoms with Crippen LogP contribution in [0.1, 0.15) is 18.5 Å². The van der Waals surface area contributed by atoms with Crippen molar-refractivity contribution in [3.63, 3.8) is 0 Å². The summed E-state index contributed by atoms with van der Waals surface area (Å²) in [5.74, 6) is 0. The number of benzene rings is 2. The number of para-hydroxylation sites is 1. The van der Waals surface area contributed by atoms with Crippen LogP contribution in [-0.4, -0.2) is 12.0 Å². The summed E-state index contributed by atoms with van der Waals surface area (Å²) in [6.45, 7) is 2.10. The highest BCUT2D eigenvalue weighted by atomic mass is 35.5. The number of rotatable bonds is 3. The largest absolute Gasteiger partial charge is 0.313 e. The lowest BCUT2D eigenvalue weighted by Crippen LogP contribution is -2.12. The Morgan fingerprint density at radius 3 is 2.62 bits per heavy atom. The van der Waals surface area contributed by atoms with Gasteiger partial charge in [-0.2, -0.15) is 0 Å². The SMILES string of the molecule is CNC(C)c1ccc(-c2cnc3ccccc3c2)cc1Cl. The first kappa shape index (κ1) is 14.1. The number of fused-ring (bicyclic) bond motifs is 1. The smallest absolute Gasteiger partial charge is 0.0702 e. The van der Waals surface area contributed by atoms with Crippen LogP contribution in [0.4, 0.5) is 0 Å². The fraction of sp³-hybridized carbons (Fsp3) is 0.167. The van der Waals surface area contributed by atoms with Crippen LogP contribution in [0.5, 0.6) is 0 Å². The zero-order valence-corrected chi connectivity index (χ0v) is 12.9. The van der Waals surface area contributed by atoms with Crippen LogP contribution in [0.25, 0.3) is 22.0 Å². The lowest BCUT2D eigenvalue weighted by Gasteiger charge is -2.13. The van der Waals surface area contributed by atoms with Gasteiger partial charge in [0.15, 0.2) is 0 Å². The van der Waals surface area contributed by atoms with Crippen LogP contribution in [0.3, 0.4) is 0 Å². The molecule has 1 aromatic heterocycles. The van der Waals surface area contributed by atoms with Crippen LogP contribution in [0, 0.1) is 0 Å². The maximum absolute atomic E-state index is 6.41. The second kappa shape index (κ2) is 5.84. The van der Waals surface area contributed by atoms with Crippen molar-refractivity contribution in [2.45, 2.75) is 13.0 Å². The van der Waals surface area contributed by atoms with Gasteiger partial charge in [-0.1, -0.05) is 41.9 Å². The summed E-state index contributed by atoms with van der Waals surface area (Å²) in [7, 11) is 1.93. The second-order valence-corrected chi connectivity index (χ2v) is 5.57. The fourth-order valence-electron chi connectivity index (χ4n) is 2.44. The van der Waals surface area contributed by atoms with Crippen LogP contribution in [-0.2, 0) is 0 Å². The lowest BCUT2D eigenvalue weighted by atomic mass is 10.0. The van der Waals surface area contributed by atoms with E-state index in [0.717, 1.165) is 32.6 Å². The highest BCUT2D eigenvalue weighted by Gasteiger charge is 2.09. The maximum atomic E-state index is 6.41. The third-order valence-electron chi connectivity index (χ3n) is 3.82. The average molecular weight is 297 g/mol. The summed E-state index contributed by atoms with van der Waals surface area (Å²) < 4.78 is 0. The Morgan fingerprint density at radius 2 is 1.86 bits per heavy atom. The van der Waals surface area contributed by atoms with Gasteiger partial charge in [0.1, 0.15) is 0 Å². The molecule has 0 saturated carbocycles. The molecule has 21 heavy (non-hydrogen) atoms. The van der Waals surface area contributed by atoms with Crippen molar-refractivity contribution in [2.75, 3.05) is 7.05 Å². The summed E-state index contributed by atoms with van der Waals surface area (Å²) in [6.07, 6.45) is 1.90. The first-order valence-corrected chi connectivity index (χ1v) is 7.38. The Labute approximate surface area is 129 Å². The molecular formula is C18H17ClN2. The normalized spacial score (nSPS) is 12.5. The van der Waals surface area contributed by atoms with Crippen molar-refractivity contribution in [3.8, 4) is 11.1 Å². The van der Waals surface area contributed by atoms with Gasteiger partial charge in [-0.3, -0.25) is 4.98 Å². The molecule has 3 rings (SSSR count). The van der Waals surface area contributed by atoms with Gasteiger partial charge < -0.3 is 5.32 Å². The van der Waals surface area contributed by atoms with Crippen LogP contribution in [0.2, 0.25) is 5.02 Å². The number of pyridine rings is 1. The first-order valence-electron chi connectivity index (χ1n) is 7.01. The molecule has 1 N–H and O–H groups in total. The van der Waals surface area contributed by atoms with Crippen LogP contribution in [0.15, 0.2) is 54.7 Å². The molecule has 2 aromatic carbocycles. The molecule has 106 valence electrons. The molecular weight excluding hydrogens is 280 g/mol. The molecule has 0 bridgehead atoms. The van der Waals surface area contributed by atoms with Gasteiger partial charge >= 0.3 is 0 Å². The fourth-order valence-corrected chi connectivity index (χ4v) is 2.79. The Hall–Kier alpha value is -1.90. The standard InChI is InChI=1S/C18H17ClN2/c1-12(20-2)16-8-7-13(10-17(16)19)15-9-14-5-3-4-6-18(14)21-11-15/h3-12,20H,1-2H3. The van der Waals surface area contributed by atoms with E-state index in [-0.39, 0.29) is 6.04 Å².